The van der Waals surface area contributed by atoms with E-state index in [0.29, 0.717) is 21.5 Å². The number of H-pyrrole nitrogens is 1. The summed E-state index contributed by atoms with van der Waals surface area (Å²) in [4.78, 5) is 19.2. The van der Waals surface area contributed by atoms with Crippen LogP contribution < -0.4 is 9.47 Å². The lowest BCUT2D eigenvalue weighted by Crippen LogP contribution is -2.28. The number of aromatic nitrogens is 2. The first-order valence-electron chi connectivity index (χ1n) is 6.79. The van der Waals surface area contributed by atoms with Crippen LogP contribution in [0.5, 0.6) is 11.5 Å². The molecule has 0 spiro atoms. The third kappa shape index (κ3) is 3.57. The lowest BCUT2D eigenvalue weighted by Gasteiger charge is -2.15. The molecule has 3 aromatic rings. The zero-order valence-electron chi connectivity index (χ0n) is 12.0. The van der Waals surface area contributed by atoms with Gasteiger partial charge in [0, 0.05) is 11.1 Å². The highest BCUT2D eigenvalue weighted by Gasteiger charge is 2.19. The Morgan fingerprint density at radius 2 is 2.04 bits per heavy atom. The summed E-state index contributed by atoms with van der Waals surface area (Å²) < 4.78 is 10.8. The number of nitrogens with zero attached hydrogens (tertiary/aromatic N) is 1. The van der Waals surface area contributed by atoms with Gasteiger partial charge in [-0.05, 0) is 37.3 Å². The van der Waals surface area contributed by atoms with Crippen molar-refractivity contribution < 1.29 is 14.3 Å². The molecule has 2 aromatic carbocycles. The number of benzene rings is 2. The summed E-state index contributed by atoms with van der Waals surface area (Å²) in [6.45, 7) is 1.59. The fraction of sp³-hybridized carbons (Fsp3) is 0.125. The lowest BCUT2D eigenvalue weighted by molar-refractivity contribution is -0.141. The number of hydrogen-bond donors (Lipinski definition) is 1. The number of ether oxygens (including phenoxy) is 2. The Morgan fingerprint density at radius 3 is 2.83 bits per heavy atom. The normalized spacial score (nSPS) is 12.1. The molecule has 0 saturated carbocycles. The summed E-state index contributed by atoms with van der Waals surface area (Å²) in [7, 11) is 0. The molecule has 0 saturated heterocycles. The molecule has 5 nitrogen and oxygen atoms in total. The molecule has 1 atom stereocenters. The number of esters is 1. The molecule has 0 aliphatic heterocycles. The molecule has 1 N–H and O–H groups in total. The van der Waals surface area contributed by atoms with Crippen LogP contribution in [0.4, 0.5) is 0 Å². The van der Waals surface area contributed by atoms with E-state index in [-0.39, 0.29) is 0 Å². The maximum atomic E-state index is 12.1. The standard InChI is InChI=1S/C16H12Cl2N2O3/c1-9(22-15-5-2-10(17)6-12(15)18)16(21)23-11-3-4-13-14(7-11)20-8-19-13/h2-9H,1H3,(H,19,20). The van der Waals surface area contributed by atoms with E-state index in [9.17, 15) is 4.79 Å². The van der Waals surface area contributed by atoms with Crippen molar-refractivity contribution in [1.29, 1.82) is 0 Å². The van der Waals surface area contributed by atoms with Gasteiger partial charge < -0.3 is 14.5 Å². The Kier molecular flexibility index (Phi) is 4.41. The highest BCUT2D eigenvalue weighted by atomic mass is 35.5. The highest BCUT2D eigenvalue weighted by Crippen LogP contribution is 2.28. The molecule has 7 heteroatoms. The second-order valence-electron chi connectivity index (χ2n) is 4.84. The van der Waals surface area contributed by atoms with E-state index in [1.807, 2.05) is 0 Å². The van der Waals surface area contributed by atoms with E-state index >= 15 is 0 Å². The summed E-state index contributed by atoms with van der Waals surface area (Å²) in [6.07, 6.45) is 0.746. The number of carbonyl (C=O) groups is 1. The van der Waals surface area contributed by atoms with Crippen molar-refractivity contribution in [2.75, 3.05) is 0 Å². The molecular formula is C16H12Cl2N2O3. The van der Waals surface area contributed by atoms with E-state index in [1.54, 1.807) is 49.6 Å². The van der Waals surface area contributed by atoms with Crippen molar-refractivity contribution in [3.05, 3.63) is 52.8 Å². The molecule has 1 heterocycles. The summed E-state index contributed by atoms with van der Waals surface area (Å²) in [5.74, 6) is 0.240. The maximum Gasteiger partial charge on any atom is 0.352 e. The predicted octanol–water partition coefficient (Wildman–Crippen LogP) is 4.24. The number of halogens is 2. The van der Waals surface area contributed by atoms with Gasteiger partial charge in [-0.2, -0.15) is 0 Å². The number of nitrogens with one attached hydrogen (secondary N) is 1. The fourth-order valence-electron chi connectivity index (χ4n) is 1.99. The van der Waals surface area contributed by atoms with Crippen LogP contribution in [-0.2, 0) is 4.79 Å². The molecule has 1 unspecified atom stereocenters. The second kappa shape index (κ2) is 6.48. The second-order valence-corrected chi connectivity index (χ2v) is 5.68. The Balaban J connectivity index is 1.69. The SMILES string of the molecule is CC(Oc1ccc(Cl)cc1Cl)C(=O)Oc1ccc2nc[nH]c2c1. The van der Waals surface area contributed by atoms with Gasteiger partial charge in [-0.25, -0.2) is 9.78 Å². The molecule has 0 aliphatic rings. The quantitative estimate of drug-likeness (QED) is 0.564. The molecule has 0 radical (unpaired) electrons. The van der Waals surface area contributed by atoms with Gasteiger partial charge in [-0.3, -0.25) is 0 Å². The van der Waals surface area contributed by atoms with E-state index in [4.69, 9.17) is 32.7 Å². The Labute approximate surface area is 142 Å². The summed E-state index contributed by atoms with van der Waals surface area (Å²) in [6, 6.07) is 9.90. The monoisotopic (exact) mass is 350 g/mol. The first-order valence-corrected chi connectivity index (χ1v) is 7.55. The van der Waals surface area contributed by atoms with Gasteiger partial charge in [-0.15, -0.1) is 0 Å². The van der Waals surface area contributed by atoms with E-state index in [2.05, 4.69) is 9.97 Å². The number of fused-ring (bicyclic) bond motifs is 1. The molecule has 0 amide bonds. The Bertz CT molecular complexity index is 863. The molecular weight excluding hydrogens is 339 g/mol. The largest absolute Gasteiger partial charge is 0.477 e. The zero-order valence-corrected chi connectivity index (χ0v) is 13.6. The molecule has 0 bridgehead atoms. The van der Waals surface area contributed by atoms with Gasteiger partial charge in [0.2, 0.25) is 0 Å². The summed E-state index contributed by atoms with van der Waals surface area (Å²) >= 11 is 11.8. The minimum atomic E-state index is -0.828. The van der Waals surface area contributed by atoms with Gasteiger partial charge in [0.1, 0.15) is 11.5 Å². The van der Waals surface area contributed by atoms with E-state index in [0.717, 1.165) is 11.0 Å². The van der Waals surface area contributed by atoms with Crippen LogP contribution in [0.1, 0.15) is 6.92 Å². The predicted molar refractivity (Wildman–Crippen MR) is 88.3 cm³/mol. The van der Waals surface area contributed by atoms with Crippen LogP contribution in [0, 0.1) is 0 Å². The van der Waals surface area contributed by atoms with Gasteiger partial charge in [0.25, 0.3) is 0 Å². The van der Waals surface area contributed by atoms with Crippen molar-refractivity contribution in [3.63, 3.8) is 0 Å². The van der Waals surface area contributed by atoms with Gasteiger partial charge >= 0.3 is 5.97 Å². The zero-order chi connectivity index (χ0) is 16.4. The van der Waals surface area contributed by atoms with Gasteiger partial charge in [0.15, 0.2) is 6.10 Å². The molecule has 1 aromatic heterocycles. The minimum absolute atomic E-state index is 0.330. The smallest absolute Gasteiger partial charge is 0.352 e. The van der Waals surface area contributed by atoms with Gasteiger partial charge in [-0.1, -0.05) is 23.2 Å². The number of hydrogen-bond acceptors (Lipinski definition) is 4. The molecule has 0 aliphatic carbocycles. The number of rotatable bonds is 4. The highest BCUT2D eigenvalue weighted by molar-refractivity contribution is 6.35. The number of imidazole rings is 1. The van der Waals surface area contributed by atoms with E-state index in [1.165, 1.54) is 0 Å². The fourth-order valence-corrected chi connectivity index (χ4v) is 2.44. The molecule has 0 fully saturated rings. The first kappa shape index (κ1) is 15.6. The van der Waals surface area contributed by atoms with Crippen molar-refractivity contribution in [2.45, 2.75) is 13.0 Å². The van der Waals surface area contributed by atoms with Crippen LogP contribution >= 0.6 is 23.2 Å². The number of aromatic amines is 1. The summed E-state index contributed by atoms with van der Waals surface area (Å²) in [5, 5.41) is 0.821. The van der Waals surface area contributed by atoms with Crippen LogP contribution in [0.15, 0.2) is 42.7 Å². The van der Waals surface area contributed by atoms with Crippen LogP contribution in [0.3, 0.4) is 0 Å². The van der Waals surface area contributed by atoms with Crippen LogP contribution in [0.25, 0.3) is 11.0 Å². The van der Waals surface area contributed by atoms with Crippen molar-refractivity contribution >= 4 is 40.2 Å². The van der Waals surface area contributed by atoms with Crippen molar-refractivity contribution in [3.8, 4) is 11.5 Å². The van der Waals surface area contributed by atoms with Crippen LogP contribution in [-0.4, -0.2) is 22.0 Å². The van der Waals surface area contributed by atoms with Crippen molar-refractivity contribution in [2.24, 2.45) is 0 Å². The van der Waals surface area contributed by atoms with Crippen molar-refractivity contribution in [1.82, 2.24) is 9.97 Å². The first-order chi connectivity index (χ1) is 11.0. The van der Waals surface area contributed by atoms with E-state index < -0.39 is 12.1 Å². The lowest BCUT2D eigenvalue weighted by atomic mass is 10.3. The number of carbonyl (C=O) groups excluding carboxylic acids is 1. The average Bonchev–Trinajstić information content (AvgIpc) is 2.97. The van der Waals surface area contributed by atoms with Gasteiger partial charge in [0.05, 0.1) is 22.4 Å². The maximum absolute atomic E-state index is 12.1. The molecule has 118 valence electrons. The molecule has 3 rings (SSSR count). The Hall–Kier alpha value is -2.24. The third-order valence-electron chi connectivity index (χ3n) is 3.14. The average molecular weight is 351 g/mol. The third-order valence-corrected chi connectivity index (χ3v) is 3.67. The minimum Gasteiger partial charge on any atom is -0.477 e. The summed E-state index contributed by atoms with van der Waals surface area (Å²) in [5.41, 5.74) is 1.58. The van der Waals surface area contributed by atoms with Crippen LogP contribution in [0.2, 0.25) is 10.0 Å². The Morgan fingerprint density at radius 1 is 1.22 bits per heavy atom. The molecule has 23 heavy (non-hydrogen) atoms. The topological polar surface area (TPSA) is 64.2 Å².